The largest absolute Gasteiger partial charge is 0.463 e. The minimum Gasteiger partial charge on any atom is -0.463 e. The van der Waals surface area contributed by atoms with Crippen molar-refractivity contribution in [3.63, 3.8) is 0 Å². The molecule has 216 valence electrons. The number of alkyl halides is 21. The smallest absolute Gasteiger partial charge is 0.460 e. The summed E-state index contributed by atoms with van der Waals surface area (Å²) in [5, 5.41) is 0. The van der Waals surface area contributed by atoms with Gasteiger partial charge in [-0.25, -0.2) is 9.18 Å². The summed E-state index contributed by atoms with van der Waals surface area (Å²) in [5.74, 6) is -67.1. The van der Waals surface area contributed by atoms with Crippen LogP contribution in [0.15, 0.2) is 0 Å². The first-order chi connectivity index (χ1) is 15.2. The topological polar surface area (TPSA) is 26.3 Å². The number of esters is 1. The molecule has 0 fully saturated rings. The van der Waals surface area contributed by atoms with Crippen molar-refractivity contribution in [1.29, 1.82) is 0 Å². The van der Waals surface area contributed by atoms with Gasteiger partial charge in [0, 0.05) is 0 Å². The van der Waals surface area contributed by atoms with Gasteiger partial charge in [-0.2, -0.15) is 87.8 Å². The Labute approximate surface area is 182 Å². The van der Waals surface area contributed by atoms with Crippen LogP contribution in [0.3, 0.4) is 0 Å². The lowest BCUT2D eigenvalue weighted by Crippen LogP contribution is -2.78. The zero-order chi connectivity index (χ0) is 30.0. The first-order valence-electron chi connectivity index (χ1n) is 7.87. The van der Waals surface area contributed by atoms with E-state index < -0.39 is 72.1 Å². The molecule has 0 spiro atoms. The van der Waals surface area contributed by atoms with Gasteiger partial charge in [-0.05, 0) is 6.92 Å². The monoisotopic (exact) mass is 592 g/mol. The number of halogens is 21. The zero-order valence-corrected chi connectivity index (χ0v) is 16.0. The number of rotatable bonds is 9. The highest BCUT2D eigenvalue weighted by atomic mass is 19.4. The summed E-state index contributed by atoms with van der Waals surface area (Å²) >= 11 is 0. The standard InChI is InChI=1S/C13H5F21O2/c1-2-36-3(35)4(14,12(29,30)31)5(15,16)6(17,18)7(19,20)8(21,22)9(23,24)10(25,26)11(27,28)13(32,33)34/h2H2,1H3. The lowest BCUT2D eigenvalue weighted by atomic mass is 9.83. The van der Waals surface area contributed by atoms with E-state index in [0.717, 1.165) is 0 Å². The van der Waals surface area contributed by atoms with Gasteiger partial charge in [-0.3, -0.25) is 0 Å². The minimum atomic E-state index is -9.24. The number of carbonyl (C=O) groups excluding carboxylic acids is 1. The molecule has 0 aliphatic rings. The van der Waals surface area contributed by atoms with Gasteiger partial charge in [0.15, 0.2) is 0 Å². The Bertz CT molecular complexity index is 821. The molecule has 0 bridgehead atoms. The van der Waals surface area contributed by atoms with Crippen LogP contribution in [-0.2, 0) is 9.53 Å². The molecule has 0 radical (unpaired) electrons. The van der Waals surface area contributed by atoms with Crippen molar-refractivity contribution in [3.8, 4) is 0 Å². The van der Waals surface area contributed by atoms with Crippen molar-refractivity contribution in [2.24, 2.45) is 0 Å². The fraction of sp³-hybridized carbons (Fsp3) is 0.923. The van der Waals surface area contributed by atoms with Gasteiger partial charge in [0.25, 0.3) is 0 Å². The maximum absolute atomic E-state index is 13.9. The fourth-order valence-electron chi connectivity index (χ4n) is 2.03. The Balaban J connectivity index is 7.29. The van der Waals surface area contributed by atoms with Crippen molar-refractivity contribution >= 4 is 5.97 Å². The second kappa shape index (κ2) is 8.51. The maximum Gasteiger partial charge on any atom is 0.460 e. The van der Waals surface area contributed by atoms with E-state index in [1.165, 1.54) is 0 Å². The van der Waals surface area contributed by atoms with Crippen LogP contribution < -0.4 is 0 Å². The molecular weight excluding hydrogens is 587 g/mol. The van der Waals surface area contributed by atoms with E-state index in [-0.39, 0.29) is 0 Å². The lowest BCUT2D eigenvalue weighted by Gasteiger charge is -2.44. The molecule has 0 aliphatic heterocycles. The molecule has 36 heavy (non-hydrogen) atoms. The van der Waals surface area contributed by atoms with Gasteiger partial charge in [0.2, 0.25) is 0 Å². The van der Waals surface area contributed by atoms with Gasteiger partial charge in [-0.15, -0.1) is 0 Å². The fourth-order valence-corrected chi connectivity index (χ4v) is 2.03. The second-order valence-corrected chi connectivity index (χ2v) is 6.40. The van der Waals surface area contributed by atoms with Crippen molar-refractivity contribution < 1.29 is 102 Å². The lowest BCUT2D eigenvalue weighted by molar-refractivity contribution is -0.469. The van der Waals surface area contributed by atoms with Crippen LogP contribution in [0, 0.1) is 0 Å². The average Bonchev–Trinajstić information content (AvgIpc) is 2.64. The first kappa shape index (κ1) is 34.0. The van der Waals surface area contributed by atoms with Crippen LogP contribution >= 0.6 is 0 Å². The van der Waals surface area contributed by atoms with Gasteiger partial charge in [0.05, 0.1) is 6.61 Å². The van der Waals surface area contributed by atoms with Crippen LogP contribution in [0.5, 0.6) is 0 Å². The third-order valence-electron chi connectivity index (χ3n) is 4.10. The molecular formula is C13H5F21O2. The van der Waals surface area contributed by atoms with E-state index in [4.69, 9.17) is 0 Å². The van der Waals surface area contributed by atoms with Crippen LogP contribution in [0.25, 0.3) is 0 Å². The van der Waals surface area contributed by atoms with Gasteiger partial charge >= 0.3 is 65.4 Å². The quantitative estimate of drug-likeness (QED) is 0.217. The number of hydrogen-bond acceptors (Lipinski definition) is 2. The predicted molar refractivity (Wildman–Crippen MR) is 67.2 cm³/mol. The highest BCUT2D eigenvalue weighted by Crippen LogP contribution is 2.66. The highest BCUT2D eigenvalue weighted by Gasteiger charge is 2.98. The van der Waals surface area contributed by atoms with E-state index in [9.17, 15) is 97.0 Å². The summed E-state index contributed by atoms with van der Waals surface area (Å²) in [7, 11) is 0. The molecule has 23 heteroatoms. The van der Waals surface area contributed by atoms with Crippen molar-refractivity contribution in [1.82, 2.24) is 0 Å². The normalized spacial score (nSPS) is 17.6. The molecule has 0 aliphatic carbocycles. The molecule has 1 unspecified atom stereocenters. The van der Waals surface area contributed by atoms with Gasteiger partial charge in [-0.1, -0.05) is 0 Å². The molecule has 0 saturated carbocycles. The Morgan fingerprint density at radius 2 is 0.694 bits per heavy atom. The summed E-state index contributed by atoms with van der Waals surface area (Å²) in [5.41, 5.74) is -7.84. The Morgan fingerprint density at radius 1 is 0.444 bits per heavy atom. The van der Waals surface area contributed by atoms with E-state index in [2.05, 4.69) is 4.74 Å². The van der Waals surface area contributed by atoms with Crippen LogP contribution in [0.4, 0.5) is 92.2 Å². The summed E-state index contributed by atoms with van der Waals surface area (Å²) < 4.78 is 277. The average molecular weight is 592 g/mol. The molecule has 0 aromatic heterocycles. The van der Waals surface area contributed by atoms with Crippen LogP contribution in [-0.4, -0.2) is 72.1 Å². The highest BCUT2D eigenvalue weighted by molar-refractivity contribution is 5.82. The number of ether oxygens (including phenoxy) is 1. The molecule has 0 rings (SSSR count). The maximum atomic E-state index is 13.9. The Hall–Kier alpha value is -2.00. The summed E-state index contributed by atoms with van der Waals surface area (Å²) in [4.78, 5) is 10.9. The van der Waals surface area contributed by atoms with E-state index in [1.54, 1.807) is 0 Å². The second-order valence-electron chi connectivity index (χ2n) is 6.40. The Kier molecular flexibility index (Phi) is 8.04. The van der Waals surface area contributed by atoms with Gasteiger partial charge in [0.1, 0.15) is 0 Å². The first-order valence-corrected chi connectivity index (χ1v) is 7.87. The van der Waals surface area contributed by atoms with Crippen LogP contribution in [0.2, 0.25) is 0 Å². The third-order valence-corrected chi connectivity index (χ3v) is 4.10. The minimum absolute atomic E-state index is 0.331. The SMILES string of the molecule is CCOC(=O)C(F)(C(F)(F)F)C(F)(F)C(F)(F)C(F)(F)C(F)(F)C(F)(F)C(F)(F)C(F)(F)C(F)(F)F. The van der Waals surface area contributed by atoms with Crippen molar-refractivity contribution in [2.75, 3.05) is 6.61 Å². The summed E-state index contributed by atoms with van der Waals surface area (Å²) in [6, 6.07) is 0. The number of hydrogen-bond donors (Lipinski definition) is 0. The summed E-state index contributed by atoms with van der Waals surface area (Å²) in [6.07, 6.45) is -15.9. The van der Waals surface area contributed by atoms with Gasteiger partial charge < -0.3 is 4.74 Å². The predicted octanol–water partition coefficient (Wildman–Crippen LogP) is 6.83. The van der Waals surface area contributed by atoms with E-state index >= 15 is 0 Å². The molecule has 1 atom stereocenters. The Morgan fingerprint density at radius 3 is 0.917 bits per heavy atom. The molecule has 0 heterocycles. The third kappa shape index (κ3) is 3.97. The van der Waals surface area contributed by atoms with E-state index in [0.29, 0.717) is 6.92 Å². The van der Waals surface area contributed by atoms with E-state index in [1.807, 2.05) is 0 Å². The molecule has 0 amide bonds. The molecule has 0 N–H and O–H groups in total. The van der Waals surface area contributed by atoms with Crippen molar-refractivity contribution in [2.45, 2.75) is 66.4 Å². The molecule has 0 saturated heterocycles. The zero-order valence-electron chi connectivity index (χ0n) is 16.0. The molecule has 0 aromatic rings. The van der Waals surface area contributed by atoms with Crippen LogP contribution in [0.1, 0.15) is 6.92 Å². The summed E-state index contributed by atoms with van der Waals surface area (Å²) in [6.45, 7) is -1.33. The van der Waals surface area contributed by atoms with Crippen molar-refractivity contribution in [3.05, 3.63) is 0 Å². The molecule has 2 nitrogen and oxygen atoms in total. The molecule has 0 aromatic carbocycles. The number of carbonyl (C=O) groups is 1.